The van der Waals surface area contributed by atoms with Gasteiger partial charge < -0.3 is 9.26 Å². The van der Waals surface area contributed by atoms with E-state index in [2.05, 4.69) is 25.4 Å². The van der Waals surface area contributed by atoms with Crippen LogP contribution in [0.5, 0.6) is 5.75 Å². The van der Waals surface area contributed by atoms with Crippen molar-refractivity contribution in [2.45, 2.75) is 33.1 Å². The number of imidazole rings is 1. The molecule has 0 amide bonds. The van der Waals surface area contributed by atoms with Crippen LogP contribution in [0.25, 0.3) is 23.0 Å². The molecular formula is C19H19N7O2. The molecule has 1 aromatic carbocycles. The van der Waals surface area contributed by atoms with Crippen LogP contribution >= 0.6 is 0 Å². The molecule has 0 N–H and O–H groups in total. The Morgan fingerprint density at radius 3 is 2.79 bits per heavy atom. The van der Waals surface area contributed by atoms with Crippen molar-refractivity contribution in [3.8, 4) is 28.7 Å². The predicted molar refractivity (Wildman–Crippen MR) is 100.0 cm³/mol. The third kappa shape index (κ3) is 2.35. The van der Waals surface area contributed by atoms with Gasteiger partial charge in [0.2, 0.25) is 0 Å². The molecule has 9 heteroatoms. The Labute approximate surface area is 161 Å². The van der Waals surface area contributed by atoms with Crippen molar-refractivity contribution in [2.24, 2.45) is 0 Å². The molecule has 0 saturated carbocycles. The first kappa shape index (κ1) is 16.7. The van der Waals surface area contributed by atoms with Crippen LogP contribution < -0.4 is 4.74 Å². The van der Waals surface area contributed by atoms with E-state index in [0.29, 0.717) is 23.8 Å². The second-order valence-electron chi connectivity index (χ2n) is 7.09. The molecule has 0 unspecified atom stereocenters. The Morgan fingerprint density at radius 1 is 1.18 bits per heavy atom. The number of ether oxygens (including phenoxy) is 1. The Balaban J connectivity index is 1.75. The molecular weight excluding hydrogens is 358 g/mol. The molecule has 142 valence electrons. The van der Waals surface area contributed by atoms with E-state index >= 15 is 0 Å². The monoisotopic (exact) mass is 377 g/mol. The summed E-state index contributed by atoms with van der Waals surface area (Å²) in [5.41, 5.74) is 5.29. The van der Waals surface area contributed by atoms with Gasteiger partial charge in [0.15, 0.2) is 11.5 Å². The van der Waals surface area contributed by atoms with Crippen LogP contribution in [0.4, 0.5) is 0 Å². The van der Waals surface area contributed by atoms with Gasteiger partial charge in [-0.15, -0.1) is 5.10 Å². The number of aryl methyl sites for hydroxylation is 1. The van der Waals surface area contributed by atoms with Gasteiger partial charge in [-0.3, -0.25) is 4.57 Å². The number of methoxy groups -OCH3 is 1. The summed E-state index contributed by atoms with van der Waals surface area (Å²) in [5, 5.41) is 12.7. The summed E-state index contributed by atoms with van der Waals surface area (Å²) in [6.07, 6.45) is 2.37. The molecule has 0 radical (unpaired) electrons. The SMILES string of the molecule is COc1ccc2c(c1)-n1nnc(C)c1Cc1c(-c3nc(C(C)C)no3)ncn1-2. The second-order valence-corrected chi connectivity index (χ2v) is 7.09. The molecule has 9 nitrogen and oxygen atoms in total. The van der Waals surface area contributed by atoms with Crippen molar-refractivity contribution >= 4 is 0 Å². The maximum atomic E-state index is 5.51. The summed E-state index contributed by atoms with van der Waals surface area (Å²) in [5.74, 6) is 2.02. The van der Waals surface area contributed by atoms with E-state index in [1.54, 1.807) is 13.4 Å². The quantitative estimate of drug-likeness (QED) is 0.477. The Bertz CT molecular complexity index is 1190. The van der Waals surface area contributed by atoms with Crippen molar-refractivity contribution in [1.29, 1.82) is 0 Å². The molecule has 5 rings (SSSR count). The lowest BCUT2D eigenvalue weighted by Gasteiger charge is -2.11. The van der Waals surface area contributed by atoms with E-state index in [1.165, 1.54) is 0 Å². The van der Waals surface area contributed by atoms with Gasteiger partial charge in [0.25, 0.3) is 5.89 Å². The third-order valence-corrected chi connectivity index (χ3v) is 4.99. The van der Waals surface area contributed by atoms with Gasteiger partial charge in [0.05, 0.1) is 35.6 Å². The smallest absolute Gasteiger partial charge is 0.278 e. The van der Waals surface area contributed by atoms with Gasteiger partial charge in [-0.2, -0.15) is 4.98 Å². The zero-order valence-corrected chi connectivity index (χ0v) is 16.0. The normalized spacial score (nSPS) is 12.5. The molecule has 0 spiro atoms. The van der Waals surface area contributed by atoms with Crippen LogP contribution in [0.2, 0.25) is 0 Å². The average molecular weight is 377 g/mol. The first-order valence-electron chi connectivity index (χ1n) is 9.07. The van der Waals surface area contributed by atoms with Gasteiger partial charge in [-0.1, -0.05) is 24.2 Å². The van der Waals surface area contributed by atoms with Crippen LogP contribution in [0, 0.1) is 6.92 Å². The van der Waals surface area contributed by atoms with Gasteiger partial charge in [-0.25, -0.2) is 9.67 Å². The molecule has 0 aliphatic carbocycles. The van der Waals surface area contributed by atoms with Crippen LogP contribution in [-0.2, 0) is 6.42 Å². The summed E-state index contributed by atoms with van der Waals surface area (Å²) in [6, 6.07) is 5.86. The highest BCUT2D eigenvalue weighted by molar-refractivity contribution is 5.63. The van der Waals surface area contributed by atoms with E-state index in [4.69, 9.17) is 9.26 Å². The lowest BCUT2D eigenvalue weighted by Crippen LogP contribution is -2.03. The van der Waals surface area contributed by atoms with E-state index in [1.807, 2.05) is 48.2 Å². The number of benzene rings is 1. The Kier molecular flexibility index (Phi) is 3.58. The van der Waals surface area contributed by atoms with Gasteiger partial charge in [-0.05, 0) is 19.1 Å². The first-order chi connectivity index (χ1) is 13.6. The molecule has 0 saturated heterocycles. The standard InChI is InChI=1S/C19H19N7O2/c1-10(2)18-21-19(28-23-18)17-16-8-14-11(3)22-24-26(14)15-7-12(27-4)5-6-13(15)25(16)9-20-17/h5-7,9-10H,8H2,1-4H3. The van der Waals surface area contributed by atoms with Crippen LogP contribution in [0.1, 0.15) is 42.7 Å². The minimum absolute atomic E-state index is 0.180. The predicted octanol–water partition coefficient (Wildman–Crippen LogP) is 2.85. The summed E-state index contributed by atoms with van der Waals surface area (Å²) >= 11 is 0. The molecule has 0 fully saturated rings. The molecule has 4 aromatic rings. The fourth-order valence-corrected chi connectivity index (χ4v) is 3.43. The fourth-order valence-electron chi connectivity index (χ4n) is 3.43. The fraction of sp³-hybridized carbons (Fsp3) is 0.316. The highest BCUT2D eigenvalue weighted by atomic mass is 16.5. The maximum absolute atomic E-state index is 5.51. The largest absolute Gasteiger partial charge is 0.497 e. The topological polar surface area (TPSA) is 96.7 Å². The second kappa shape index (κ2) is 6.01. The number of aromatic nitrogens is 7. The zero-order chi connectivity index (χ0) is 19.4. The van der Waals surface area contributed by atoms with Crippen LogP contribution in [-0.4, -0.2) is 41.8 Å². The molecule has 1 aliphatic rings. The minimum Gasteiger partial charge on any atom is -0.497 e. The van der Waals surface area contributed by atoms with E-state index in [0.717, 1.165) is 34.2 Å². The molecule has 0 atom stereocenters. The van der Waals surface area contributed by atoms with Crippen molar-refractivity contribution in [2.75, 3.05) is 7.11 Å². The van der Waals surface area contributed by atoms with Gasteiger partial charge in [0, 0.05) is 18.4 Å². The van der Waals surface area contributed by atoms with Crippen molar-refractivity contribution in [3.05, 3.63) is 47.4 Å². The number of rotatable bonds is 3. The van der Waals surface area contributed by atoms with Crippen molar-refractivity contribution < 1.29 is 9.26 Å². The number of hydrogen-bond donors (Lipinski definition) is 0. The van der Waals surface area contributed by atoms with Gasteiger partial charge >= 0.3 is 0 Å². The highest BCUT2D eigenvalue weighted by Gasteiger charge is 2.28. The first-order valence-corrected chi connectivity index (χ1v) is 9.07. The lowest BCUT2D eigenvalue weighted by atomic mass is 10.1. The molecule has 3 aromatic heterocycles. The van der Waals surface area contributed by atoms with E-state index in [9.17, 15) is 0 Å². The number of hydrogen-bond acceptors (Lipinski definition) is 7. The number of fused-ring (bicyclic) bond motifs is 5. The summed E-state index contributed by atoms with van der Waals surface area (Å²) in [7, 11) is 1.65. The van der Waals surface area contributed by atoms with Crippen LogP contribution in [0.3, 0.4) is 0 Å². The lowest BCUT2D eigenvalue weighted by molar-refractivity contribution is 0.414. The van der Waals surface area contributed by atoms with Crippen molar-refractivity contribution in [3.63, 3.8) is 0 Å². The van der Waals surface area contributed by atoms with Crippen molar-refractivity contribution in [1.82, 2.24) is 34.7 Å². The molecule has 4 heterocycles. The summed E-state index contributed by atoms with van der Waals surface area (Å²) in [6.45, 7) is 6.01. The zero-order valence-electron chi connectivity index (χ0n) is 16.0. The number of nitrogens with zero attached hydrogens (tertiary/aromatic N) is 7. The van der Waals surface area contributed by atoms with E-state index < -0.39 is 0 Å². The van der Waals surface area contributed by atoms with Crippen LogP contribution in [0.15, 0.2) is 29.0 Å². The molecule has 1 aliphatic heterocycles. The molecule has 0 bridgehead atoms. The van der Waals surface area contributed by atoms with E-state index in [-0.39, 0.29) is 5.92 Å². The molecule has 28 heavy (non-hydrogen) atoms. The van der Waals surface area contributed by atoms with Gasteiger partial charge in [0.1, 0.15) is 12.1 Å². The Morgan fingerprint density at radius 2 is 2.04 bits per heavy atom. The summed E-state index contributed by atoms with van der Waals surface area (Å²) < 4.78 is 14.8. The maximum Gasteiger partial charge on any atom is 0.278 e. The minimum atomic E-state index is 0.180. The Hall–Kier alpha value is -3.49. The summed E-state index contributed by atoms with van der Waals surface area (Å²) in [4.78, 5) is 9.12. The average Bonchev–Trinajstić information content (AvgIpc) is 3.39. The highest BCUT2D eigenvalue weighted by Crippen LogP contribution is 2.34. The third-order valence-electron chi connectivity index (χ3n) is 4.99.